The Bertz CT molecular complexity index is 972. The highest BCUT2D eigenvalue weighted by Crippen LogP contribution is 2.23. The summed E-state index contributed by atoms with van der Waals surface area (Å²) in [6, 6.07) is 14.0. The Morgan fingerprint density at radius 2 is 2.00 bits per heavy atom. The number of hydrogen-bond donors (Lipinski definition) is 0. The summed E-state index contributed by atoms with van der Waals surface area (Å²) in [5.41, 5.74) is 3.26. The lowest BCUT2D eigenvalue weighted by Gasteiger charge is -2.04. The van der Waals surface area contributed by atoms with Crippen molar-refractivity contribution in [2.75, 3.05) is 19.1 Å². The number of aromatic nitrogens is 1. The third-order valence-electron chi connectivity index (χ3n) is 4.11. The van der Waals surface area contributed by atoms with Crippen molar-refractivity contribution in [2.45, 2.75) is 19.9 Å². The number of rotatable bonds is 6. The maximum absolute atomic E-state index is 12.5. The summed E-state index contributed by atoms with van der Waals surface area (Å²) >= 11 is 3.31. The number of amides is 1. The molecule has 0 unspecified atom stereocenters. The fraction of sp³-hybridized carbons (Fsp3) is 0.300. The van der Waals surface area contributed by atoms with Crippen molar-refractivity contribution in [3.05, 3.63) is 58.4 Å². The molecule has 6 heteroatoms. The van der Waals surface area contributed by atoms with E-state index in [1.807, 2.05) is 49.4 Å². The molecule has 1 aromatic heterocycles. The number of thioether (sulfide) groups is 1. The summed E-state index contributed by atoms with van der Waals surface area (Å²) in [6.45, 7) is 2.86. The number of aryl methyl sites for hydroxylation is 2. The van der Waals surface area contributed by atoms with E-state index in [1.54, 1.807) is 18.9 Å². The average Bonchev–Trinajstić information content (AvgIpc) is 2.97. The molecule has 0 spiro atoms. The standard InChI is InChI=1S/C20H22N2O2S2/c1-14-4-6-15(7-5-14)12-19(23)21-20-22(10-11-25-3)17-9-8-16(24-2)13-18(17)26-20/h4-9,13H,10-12H2,1-3H3. The van der Waals surface area contributed by atoms with Gasteiger partial charge in [0.2, 0.25) is 0 Å². The largest absolute Gasteiger partial charge is 0.497 e. The summed E-state index contributed by atoms with van der Waals surface area (Å²) < 4.78 is 8.52. The molecule has 0 fully saturated rings. The Morgan fingerprint density at radius 1 is 1.23 bits per heavy atom. The first-order valence-electron chi connectivity index (χ1n) is 8.40. The van der Waals surface area contributed by atoms with Crippen LogP contribution in [0.2, 0.25) is 0 Å². The Labute approximate surface area is 161 Å². The molecule has 0 aliphatic carbocycles. The van der Waals surface area contributed by atoms with Gasteiger partial charge in [0, 0.05) is 12.3 Å². The second-order valence-electron chi connectivity index (χ2n) is 6.03. The van der Waals surface area contributed by atoms with E-state index in [2.05, 4.69) is 15.8 Å². The monoisotopic (exact) mass is 386 g/mol. The van der Waals surface area contributed by atoms with Crippen molar-refractivity contribution in [3.63, 3.8) is 0 Å². The zero-order chi connectivity index (χ0) is 18.5. The van der Waals surface area contributed by atoms with Crippen LogP contribution in [0, 0.1) is 6.92 Å². The van der Waals surface area contributed by atoms with Crippen LogP contribution in [0.15, 0.2) is 47.5 Å². The molecule has 0 aliphatic rings. The van der Waals surface area contributed by atoms with E-state index in [4.69, 9.17) is 4.74 Å². The minimum atomic E-state index is -0.120. The van der Waals surface area contributed by atoms with Gasteiger partial charge in [-0.2, -0.15) is 16.8 Å². The molecule has 26 heavy (non-hydrogen) atoms. The predicted molar refractivity (Wildman–Crippen MR) is 110 cm³/mol. The van der Waals surface area contributed by atoms with Crippen molar-refractivity contribution >= 4 is 39.2 Å². The minimum Gasteiger partial charge on any atom is -0.497 e. The molecule has 0 atom stereocenters. The maximum atomic E-state index is 12.5. The number of carbonyl (C=O) groups excluding carboxylic acids is 1. The summed E-state index contributed by atoms with van der Waals surface area (Å²) in [4.78, 5) is 17.7. The third-order valence-corrected chi connectivity index (χ3v) is 5.74. The number of thiazole rings is 1. The van der Waals surface area contributed by atoms with Crippen LogP contribution in [0.5, 0.6) is 5.75 Å². The fourth-order valence-corrected chi connectivity index (χ4v) is 4.16. The number of ether oxygens (including phenoxy) is 1. The average molecular weight is 387 g/mol. The van der Waals surface area contributed by atoms with Crippen LogP contribution in [0.4, 0.5) is 0 Å². The molecule has 136 valence electrons. The number of carbonyl (C=O) groups is 1. The molecule has 2 aromatic carbocycles. The smallest absolute Gasteiger partial charge is 0.252 e. The molecule has 1 amide bonds. The number of methoxy groups -OCH3 is 1. The van der Waals surface area contributed by atoms with Crippen LogP contribution in [0.1, 0.15) is 11.1 Å². The van der Waals surface area contributed by atoms with Crippen molar-refractivity contribution < 1.29 is 9.53 Å². The van der Waals surface area contributed by atoms with Gasteiger partial charge < -0.3 is 9.30 Å². The molecule has 0 aliphatic heterocycles. The van der Waals surface area contributed by atoms with Gasteiger partial charge in [0.1, 0.15) is 5.75 Å². The first-order valence-corrected chi connectivity index (χ1v) is 10.6. The lowest BCUT2D eigenvalue weighted by molar-refractivity contribution is -0.117. The van der Waals surface area contributed by atoms with Gasteiger partial charge in [-0.05, 0) is 36.9 Å². The topological polar surface area (TPSA) is 43.6 Å². The Kier molecular flexibility index (Phi) is 6.16. The fourth-order valence-electron chi connectivity index (χ4n) is 2.69. The molecule has 0 saturated carbocycles. The van der Waals surface area contributed by atoms with Gasteiger partial charge in [-0.3, -0.25) is 4.79 Å². The lowest BCUT2D eigenvalue weighted by Crippen LogP contribution is -2.18. The second kappa shape index (κ2) is 8.56. The second-order valence-corrected chi connectivity index (χ2v) is 8.03. The van der Waals surface area contributed by atoms with Crippen molar-refractivity contribution in [1.29, 1.82) is 0 Å². The first kappa shape index (κ1) is 18.7. The molecule has 0 N–H and O–H groups in total. The van der Waals surface area contributed by atoms with Crippen LogP contribution in [-0.2, 0) is 17.8 Å². The number of benzene rings is 2. The molecule has 4 nitrogen and oxygen atoms in total. The maximum Gasteiger partial charge on any atom is 0.252 e. The first-order chi connectivity index (χ1) is 12.6. The minimum absolute atomic E-state index is 0.120. The van der Waals surface area contributed by atoms with E-state index in [0.29, 0.717) is 6.42 Å². The summed E-state index contributed by atoms with van der Waals surface area (Å²) in [5, 5.41) is 0. The van der Waals surface area contributed by atoms with Gasteiger partial charge in [-0.25, -0.2) is 0 Å². The van der Waals surface area contributed by atoms with E-state index in [1.165, 1.54) is 16.9 Å². The van der Waals surface area contributed by atoms with Crippen molar-refractivity contribution in [2.24, 2.45) is 4.99 Å². The zero-order valence-electron chi connectivity index (χ0n) is 15.2. The van der Waals surface area contributed by atoms with Crippen molar-refractivity contribution in [3.8, 4) is 5.75 Å². The molecule has 0 bridgehead atoms. The normalized spacial score (nSPS) is 11.9. The lowest BCUT2D eigenvalue weighted by atomic mass is 10.1. The number of hydrogen-bond acceptors (Lipinski definition) is 4. The molecule has 3 rings (SSSR count). The quantitative estimate of drug-likeness (QED) is 0.642. The third kappa shape index (κ3) is 4.37. The molecular weight excluding hydrogens is 364 g/mol. The highest BCUT2D eigenvalue weighted by molar-refractivity contribution is 7.98. The Hall–Kier alpha value is -2.05. The van der Waals surface area contributed by atoms with E-state index < -0.39 is 0 Å². The number of fused-ring (bicyclic) bond motifs is 1. The van der Waals surface area contributed by atoms with Gasteiger partial charge in [0.15, 0.2) is 4.80 Å². The van der Waals surface area contributed by atoms with Gasteiger partial charge in [-0.15, -0.1) is 0 Å². The van der Waals surface area contributed by atoms with Crippen molar-refractivity contribution in [1.82, 2.24) is 4.57 Å². The Balaban J connectivity index is 1.96. The molecule has 0 radical (unpaired) electrons. The zero-order valence-corrected chi connectivity index (χ0v) is 16.8. The highest BCUT2D eigenvalue weighted by Gasteiger charge is 2.09. The van der Waals surface area contributed by atoms with Crippen LogP contribution in [0.25, 0.3) is 10.2 Å². The van der Waals surface area contributed by atoms with Gasteiger partial charge >= 0.3 is 0 Å². The van der Waals surface area contributed by atoms with Gasteiger partial charge in [0.25, 0.3) is 5.91 Å². The molecule has 1 heterocycles. The van der Waals surface area contributed by atoms with Crippen LogP contribution < -0.4 is 9.54 Å². The molecular formula is C20H22N2O2S2. The van der Waals surface area contributed by atoms with Gasteiger partial charge in [-0.1, -0.05) is 41.2 Å². The van der Waals surface area contributed by atoms with E-state index >= 15 is 0 Å². The Morgan fingerprint density at radius 3 is 2.69 bits per heavy atom. The summed E-state index contributed by atoms with van der Waals surface area (Å²) in [5.74, 6) is 1.66. The molecule has 0 saturated heterocycles. The molecule has 3 aromatic rings. The van der Waals surface area contributed by atoms with Gasteiger partial charge in [0.05, 0.1) is 23.7 Å². The van der Waals surface area contributed by atoms with E-state index in [0.717, 1.165) is 38.6 Å². The summed E-state index contributed by atoms with van der Waals surface area (Å²) in [6.07, 6.45) is 2.40. The SMILES string of the molecule is COc1ccc2c(c1)sc(=NC(=O)Cc1ccc(C)cc1)n2CCSC. The predicted octanol–water partition coefficient (Wildman–Crippen LogP) is 4.05. The highest BCUT2D eigenvalue weighted by atomic mass is 32.2. The number of nitrogens with zero attached hydrogens (tertiary/aromatic N) is 2. The van der Waals surface area contributed by atoms with E-state index in [9.17, 15) is 4.79 Å². The van der Waals surface area contributed by atoms with Crippen LogP contribution in [-0.4, -0.2) is 29.6 Å². The van der Waals surface area contributed by atoms with Crippen LogP contribution in [0.3, 0.4) is 0 Å². The van der Waals surface area contributed by atoms with Crippen LogP contribution >= 0.6 is 23.1 Å². The summed E-state index contributed by atoms with van der Waals surface area (Å²) in [7, 11) is 1.66. The van der Waals surface area contributed by atoms with E-state index in [-0.39, 0.29) is 5.91 Å².